The van der Waals surface area contributed by atoms with Crippen molar-refractivity contribution in [3.05, 3.63) is 29.3 Å². The van der Waals surface area contributed by atoms with E-state index in [1.54, 1.807) is 0 Å². The third-order valence-corrected chi connectivity index (χ3v) is 3.54. The van der Waals surface area contributed by atoms with E-state index in [9.17, 15) is 4.79 Å². The lowest BCUT2D eigenvalue weighted by molar-refractivity contribution is -0.122. The number of para-hydroxylation sites is 1. The molecule has 0 saturated carbocycles. The van der Waals surface area contributed by atoms with E-state index in [0.717, 1.165) is 16.9 Å². The number of hydrogen-bond acceptors (Lipinski definition) is 3. The van der Waals surface area contributed by atoms with Crippen LogP contribution < -0.4 is 10.1 Å². The number of carbonyl (C=O) groups is 1. The monoisotopic (exact) mass is 293 g/mol. The number of carbonyl (C=O) groups excluding carboxylic acids is 1. The number of rotatable bonds is 8. The summed E-state index contributed by atoms with van der Waals surface area (Å²) in [6.07, 6.45) is 1.01. The molecule has 2 N–H and O–H groups in total. The Kier molecular flexibility index (Phi) is 6.69. The molecule has 0 saturated heterocycles. The Labute approximate surface area is 127 Å². The molecule has 1 rings (SSSR count). The fraction of sp³-hybridized carbons (Fsp3) is 0.588. The Balaban J connectivity index is 2.34. The first-order valence-corrected chi connectivity index (χ1v) is 7.42. The second-order valence-electron chi connectivity index (χ2n) is 6.23. The predicted octanol–water partition coefficient (Wildman–Crippen LogP) is 2.60. The molecule has 0 unspecified atom stereocenters. The Morgan fingerprint density at radius 2 is 1.90 bits per heavy atom. The van der Waals surface area contributed by atoms with Crippen LogP contribution in [0.4, 0.5) is 0 Å². The maximum absolute atomic E-state index is 11.8. The van der Waals surface area contributed by atoms with Gasteiger partial charge in [-0.15, -0.1) is 0 Å². The van der Waals surface area contributed by atoms with Crippen LogP contribution in [0.15, 0.2) is 18.2 Å². The zero-order chi connectivity index (χ0) is 15.9. The first-order chi connectivity index (χ1) is 9.85. The maximum atomic E-state index is 11.8. The molecule has 1 amide bonds. The van der Waals surface area contributed by atoms with Crippen LogP contribution in [0.5, 0.6) is 5.75 Å². The molecule has 21 heavy (non-hydrogen) atoms. The molecular weight excluding hydrogens is 266 g/mol. The summed E-state index contributed by atoms with van der Waals surface area (Å²) in [5.41, 5.74) is 2.08. The van der Waals surface area contributed by atoms with Gasteiger partial charge in [0, 0.05) is 13.2 Å². The Hall–Kier alpha value is -1.55. The topological polar surface area (TPSA) is 58.6 Å². The molecule has 4 heteroatoms. The maximum Gasteiger partial charge on any atom is 0.223 e. The van der Waals surface area contributed by atoms with Gasteiger partial charge in [0.1, 0.15) is 5.75 Å². The smallest absolute Gasteiger partial charge is 0.223 e. The Morgan fingerprint density at radius 1 is 1.29 bits per heavy atom. The van der Waals surface area contributed by atoms with Gasteiger partial charge in [-0.1, -0.05) is 32.0 Å². The van der Waals surface area contributed by atoms with E-state index in [-0.39, 0.29) is 17.9 Å². The summed E-state index contributed by atoms with van der Waals surface area (Å²) in [6.45, 7) is 9.12. The minimum absolute atomic E-state index is 0.0211. The molecule has 0 aromatic heterocycles. The first kappa shape index (κ1) is 17.5. The Morgan fingerprint density at radius 3 is 2.48 bits per heavy atom. The number of amides is 1. The molecular formula is C17H27NO3. The lowest BCUT2D eigenvalue weighted by Crippen LogP contribution is -2.35. The first-order valence-electron chi connectivity index (χ1n) is 7.42. The molecule has 0 radical (unpaired) electrons. The van der Waals surface area contributed by atoms with Crippen molar-refractivity contribution in [2.75, 3.05) is 19.8 Å². The molecule has 0 aliphatic carbocycles. The van der Waals surface area contributed by atoms with E-state index in [4.69, 9.17) is 9.84 Å². The van der Waals surface area contributed by atoms with Gasteiger partial charge in [-0.25, -0.2) is 0 Å². The highest BCUT2D eigenvalue weighted by molar-refractivity contribution is 5.76. The van der Waals surface area contributed by atoms with E-state index in [1.165, 1.54) is 0 Å². The van der Waals surface area contributed by atoms with Crippen molar-refractivity contribution in [3.63, 3.8) is 0 Å². The van der Waals surface area contributed by atoms with Gasteiger partial charge in [0.15, 0.2) is 0 Å². The highest BCUT2D eigenvalue weighted by Crippen LogP contribution is 2.22. The lowest BCUT2D eigenvalue weighted by Gasteiger charge is -2.23. The van der Waals surface area contributed by atoms with Crippen LogP contribution in [0.1, 0.15) is 37.8 Å². The quantitative estimate of drug-likeness (QED) is 0.774. The van der Waals surface area contributed by atoms with Crippen LogP contribution >= 0.6 is 0 Å². The van der Waals surface area contributed by atoms with Crippen molar-refractivity contribution >= 4 is 5.91 Å². The summed E-state index contributed by atoms with van der Waals surface area (Å²) in [5, 5.41) is 11.8. The van der Waals surface area contributed by atoms with E-state index in [2.05, 4.69) is 5.32 Å². The largest absolute Gasteiger partial charge is 0.493 e. The average Bonchev–Trinajstić information content (AvgIpc) is 2.40. The predicted molar refractivity (Wildman–Crippen MR) is 84.5 cm³/mol. The number of aryl methyl sites for hydroxylation is 2. The molecule has 0 aliphatic rings. The average molecular weight is 293 g/mol. The second-order valence-corrected chi connectivity index (χ2v) is 6.23. The van der Waals surface area contributed by atoms with Crippen molar-refractivity contribution in [3.8, 4) is 5.75 Å². The summed E-state index contributed by atoms with van der Waals surface area (Å²) in [4.78, 5) is 11.8. The molecule has 1 aromatic rings. The van der Waals surface area contributed by atoms with Crippen LogP contribution in [0, 0.1) is 19.3 Å². The SMILES string of the molecule is Cc1cccc(C)c1OCCC(=O)NCC(C)(C)CCO. The lowest BCUT2D eigenvalue weighted by atomic mass is 9.90. The molecule has 0 atom stereocenters. The van der Waals surface area contributed by atoms with Gasteiger partial charge in [0.2, 0.25) is 5.91 Å². The zero-order valence-corrected chi connectivity index (χ0v) is 13.5. The summed E-state index contributed by atoms with van der Waals surface area (Å²) in [5.74, 6) is 0.846. The van der Waals surface area contributed by atoms with Crippen molar-refractivity contribution in [2.45, 2.75) is 40.5 Å². The van der Waals surface area contributed by atoms with Crippen LogP contribution in [0.3, 0.4) is 0 Å². The number of hydrogen-bond donors (Lipinski definition) is 2. The summed E-state index contributed by atoms with van der Waals surface area (Å²) in [6, 6.07) is 5.99. The molecule has 4 nitrogen and oxygen atoms in total. The minimum Gasteiger partial charge on any atom is -0.493 e. The highest BCUT2D eigenvalue weighted by Gasteiger charge is 2.18. The van der Waals surface area contributed by atoms with Crippen molar-refractivity contribution in [1.82, 2.24) is 5.32 Å². The van der Waals surface area contributed by atoms with E-state index >= 15 is 0 Å². The zero-order valence-electron chi connectivity index (χ0n) is 13.5. The third-order valence-electron chi connectivity index (χ3n) is 3.54. The number of benzene rings is 1. The van der Waals surface area contributed by atoms with Gasteiger partial charge in [-0.2, -0.15) is 0 Å². The highest BCUT2D eigenvalue weighted by atomic mass is 16.5. The molecule has 0 fully saturated rings. The second kappa shape index (κ2) is 8.03. The third kappa shape index (κ3) is 6.17. The van der Waals surface area contributed by atoms with E-state index in [0.29, 0.717) is 26.0 Å². The van der Waals surface area contributed by atoms with Crippen molar-refractivity contribution < 1.29 is 14.6 Å². The summed E-state index contributed by atoms with van der Waals surface area (Å²) in [7, 11) is 0. The molecule has 0 bridgehead atoms. The van der Waals surface area contributed by atoms with Crippen LogP contribution in [-0.4, -0.2) is 30.8 Å². The summed E-state index contributed by atoms with van der Waals surface area (Å²) >= 11 is 0. The Bertz CT molecular complexity index is 449. The van der Waals surface area contributed by atoms with E-state index in [1.807, 2.05) is 45.9 Å². The fourth-order valence-electron chi connectivity index (χ4n) is 2.09. The molecule has 118 valence electrons. The number of aliphatic hydroxyl groups is 1. The van der Waals surface area contributed by atoms with Gasteiger partial charge < -0.3 is 15.2 Å². The number of nitrogens with one attached hydrogen (secondary N) is 1. The standard InChI is InChI=1S/C17H27NO3/c1-13-6-5-7-14(2)16(13)21-11-8-15(20)18-12-17(3,4)9-10-19/h5-7,19H,8-12H2,1-4H3,(H,18,20). The van der Waals surface area contributed by atoms with Gasteiger partial charge in [-0.3, -0.25) is 4.79 Å². The van der Waals surface area contributed by atoms with Gasteiger partial charge >= 0.3 is 0 Å². The fourth-order valence-corrected chi connectivity index (χ4v) is 2.09. The van der Waals surface area contributed by atoms with Gasteiger partial charge in [0.05, 0.1) is 13.0 Å². The van der Waals surface area contributed by atoms with Crippen molar-refractivity contribution in [1.29, 1.82) is 0 Å². The van der Waals surface area contributed by atoms with Crippen LogP contribution in [0.25, 0.3) is 0 Å². The summed E-state index contributed by atoms with van der Waals surface area (Å²) < 4.78 is 5.72. The van der Waals surface area contributed by atoms with Gasteiger partial charge in [0.25, 0.3) is 0 Å². The normalized spacial score (nSPS) is 11.3. The van der Waals surface area contributed by atoms with Crippen LogP contribution in [0.2, 0.25) is 0 Å². The number of aliphatic hydroxyl groups excluding tert-OH is 1. The number of ether oxygens (including phenoxy) is 1. The van der Waals surface area contributed by atoms with Crippen molar-refractivity contribution in [2.24, 2.45) is 5.41 Å². The molecule has 0 heterocycles. The molecule has 0 spiro atoms. The van der Waals surface area contributed by atoms with E-state index < -0.39 is 0 Å². The minimum atomic E-state index is -0.0854. The molecule has 1 aromatic carbocycles. The molecule has 0 aliphatic heterocycles. The van der Waals surface area contributed by atoms with Gasteiger partial charge in [-0.05, 0) is 36.8 Å². The van der Waals surface area contributed by atoms with Crippen LogP contribution in [-0.2, 0) is 4.79 Å².